The fraction of sp³-hybridized carbons (Fsp3) is 0.750. The van der Waals surface area contributed by atoms with Crippen LogP contribution in [0.3, 0.4) is 0 Å². The molecule has 0 saturated carbocycles. The van der Waals surface area contributed by atoms with Crippen LogP contribution >= 0.6 is 11.8 Å². The summed E-state index contributed by atoms with van der Waals surface area (Å²) in [6.45, 7) is 0. The molecule has 0 radical (unpaired) electrons. The largest absolute Gasteiger partial charge is 0.468 e. The van der Waals surface area contributed by atoms with Crippen LogP contribution in [0.2, 0.25) is 0 Å². The Morgan fingerprint density at radius 3 is 2.67 bits per heavy atom. The third-order valence-electron chi connectivity index (χ3n) is 0.555. The number of ether oxygens (including phenoxy) is 1. The summed E-state index contributed by atoms with van der Waals surface area (Å²) in [6, 6.07) is 0. The predicted octanol–water partition coefficient (Wildman–Crippen LogP) is 1.12. The van der Waals surface area contributed by atoms with Gasteiger partial charge in [0.15, 0.2) is 0 Å². The second kappa shape index (κ2) is 4.55. The number of methoxy groups -OCH3 is 1. The molecule has 0 atom stereocenters. The lowest BCUT2D eigenvalue weighted by molar-refractivity contribution is -0.137. The molecule has 0 aliphatic carbocycles. The van der Waals surface area contributed by atoms with Gasteiger partial charge in [0, 0.05) is 0 Å². The smallest absolute Gasteiger partial charge is 0.315 e. The summed E-state index contributed by atoms with van der Waals surface area (Å²) in [5.74, 6) is -3.40. The van der Waals surface area contributed by atoms with E-state index in [9.17, 15) is 13.6 Å². The molecule has 0 aromatic rings. The van der Waals surface area contributed by atoms with Gasteiger partial charge in [-0.1, -0.05) is 11.8 Å². The number of hydrogen-bond donors (Lipinski definition) is 0. The maximum absolute atomic E-state index is 11.3. The maximum atomic E-state index is 11.3. The number of hydrogen-bond acceptors (Lipinski definition) is 3. The van der Waals surface area contributed by atoms with Crippen LogP contribution in [-0.4, -0.2) is 24.6 Å². The van der Waals surface area contributed by atoms with Gasteiger partial charge in [-0.15, -0.1) is 0 Å². The second-order valence-electron chi connectivity index (χ2n) is 1.15. The number of halogens is 2. The van der Waals surface area contributed by atoms with Crippen molar-refractivity contribution in [2.45, 2.75) is 5.76 Å². The average Bonchev–Trinajstić information content (AvgIpc) is 1.83. The van der Waals surface area contributed by atoms with Crippen LogP contribution in [0, 0.1) is 0 Å². The molecular weight excluding hydrogens is 150 g/mol. The summed E-state index contributed by atoms with van der Waals surface area (Å²) in [5.41, 5.74) is 0. The summed E-state index contributed by atoms with van der Waals surface area (Å²) in [4.78, 5) is 10.1. The van der Waals surface area contributed by atoms with E-state index in [2.05, 4.69) is 4.74 Å². The van der Waals surface area contributed by atoms with Crippen molar-refractivity contribution in [1.29, 1.82) is 0 Å². The number of alkyl halides is 2. The summed E-state index contributed by atoms with van der Waals surface area (Å²) >= 11 is 0.256. The molecule has 0 rings (SSSR count). The molecule has 0 saturated heterocycles. The molecule has 0 unspecified atom stereocenters. The number of esters is 1. The van der Waals surface area contributed by atoms with Crippen molar-refractivity contribution in [2.75, 3.05) is 12.9 Å². The molecule has 2 nitrogen and oxygen atoms in total. The van der Waals surface area contributed by atoms with Gasteiger partial charge in [-0.3, -0.25) is 4.79 Å². The molecule has 0 aliphatic rings. The Hall–Kier alpha value is -0.320. The third-order valence-corrected chi connectivity index (χ3v) is 1.21. The molecule has 0 fully saturated rings. The van der Waals surface area contributed by atoms with Gasteiger partial charge >= 0.3 is 5.97 Å². The normalized spacial score (nSPS) is 9.78. The van der Waals surface area contributed by atoms with Gasteiger partial charge in [0.2, 0.25) is 0 Å². The van der Waals surface area contributed by atoms with Crippen LogP contribution in [0.25, 0.3) is 0 Å². The van der Waals surface area contributed by atoms with E-state index in [1.165, 1.54) is 0 Å². The number of thioether (sulfide) groups is 1. The molecule has 0 aliphatic heterocycles. The van der Waals surface area contributed by atoms with Crippen molar-refractivity contribution in [3.63, 3.8) is 0 Å². The molecule has 5 heteroatoms. The maximum Gasteiger partial charge on any atom is 0.315 e. The SMILES string of the molecule is COC(=O)CSC(F)F. The minimum atomic E-state index is -2.50. The van der Waals surface area contributed by atoms with E-state index in [4.69, 9.17) is 0 Å². The van der Waals surface area contributed by atoms with Crippen LogP contribution in [0.4, 0.5) is 8.78 Å². The zero-order valence-electron chi connectivity index (χ0n) is 4.77. The minimum Gasteiger partial charge on any atom is -0.468 e. The highest BCUT2D eigenvalue weighted by atomic mass is 32.2. The fourth-order valence-electron chi connectivity index (χ4n) is 0.190. The first-order valence-electron chi connectivity index (χ1n) is 2.13. The van der Waals surface area contributed by atoms with Gasteiger partial charge in [-0.2, -0.15) is 8.78 Å². The standard InChI is InChI=1S/C4H6F2O2S/c1-8-3(7)2-9-4(5)6/h4H,2H2,1H3. The first-order chi connectivity index (χ1) is 4.16. The monoisotopic (exact) mass is 156 g/mol. The van der Waals surface area contributed by atoms with Gasteiger partial charge in [0.25, 0.3) is 5.76 Å². The van der Waals surface area contributed by atoms with E-state index in [0.717, 1.165) is 7.11 Å². The highest BCUT2D eigenvalue weighted by Gasteiger charge is 2.06. The van der Waals surface area contributed by atoms with E-state index < -0.39 is 11.7 Å². The van der Waals surface area contributed by atoms with Crippen LogP contribution < -0.4 is 0 Å². The molecule has 0 N–H and O–H groups in total. The first kappa shape index (κ1) is 8.68. The molecule has 9 heavy (non-hydrogen) atoms. The Balaban J connectivity index is 3.17. The summed E-state index contributed by atoms with van der Waals surface area (Å²) < 4.78 is 26.7. The lowest BCUT2D eigenvalue weighted by atomic mass is 10.8. The molecular formula is C4H6F2O2S. The van der Waals surface area contributed by atoms with Crippen molar-refractivity contribution in [2.24, 2.45) is 0 Å². The number of rotatable bonds is 3. The van der Waals surface area contributed by atoms with E-state index in [-0.39, 0.29) is 17.5 Å². The highest BCUT2D eigenvalue weighted by molar-refractivity contribution is 8.00. The first-order valence-corrected chi connectivity index (χ1v) is 3.18. The Morgan fingerprint density at radius 1 is 1.78 bits per heavy atom. The molecule has 0 aromatic heterocycles. The van der Waals surface area contributed by atoms with Crippen LogP contribution in [-0.2, 0) is 9.53 Å². The van der Waals surface area contributed by atoms with Crippen molar-refractivity contribution < 1.29 is 18.3 Å². The molecule has 54 valence electrons. The van der Waals surface area contributed by atoms with Crippen LogP contribution in [0.15, 0.2) is 0 Å². The lowest BCUT2D eigenvalue weighted by Crippen LogP contribution is -2.04. The molecule has 0 aromatic carbocycles. The topological polar surface area (TPSA) is 26.3 Å². The van der Waals surface area contributed by atoms with Gasteiger partial charge in [-0.05, 0) is 0 Å². The third kappa shape index (κ3) is 5.55. The van der Waals surface area contributed by atoms with E-state index in [1.807, 2.05) is 0 Å². The quantitative estimate of drug-likeness (QED) is 0.572. The fourth-order valence-corrected chi connectivity index (χ4v) is 0.570. The summed E-state index contributed by atoms with van der Waals surface area (Å²) in [5, 5.41) is 0. The van der Waals surface area contributed by atoms with Crippen LogP contribution in [0.1, 0.15) is 0 Å². The molecule has 0 amide bonds. The van der Waals surface area contributed by atoms with Crippen molar-refractivity contribution >= 4 is 17.7 Å². The summed E-state index contributed by atoms with van der Waals surface area (Å²) in [6.07, 6.45) is 0. The van der Waals surface area contributed by atoms with E-state index in [1.54, 1.807) is 0 Å². The summed E-state index contributed by atoms with van der Waals surface area (Å²) in [7, 11) is 1.16. The van der Waals surface area contributed by atoms with E-state index in [0.29, 0.717) is 0 Å². The zero-order chi connectivity index (χ0) is 7.28. The molecule has 0 bridgehead atoms. The Morgan fingerprint density at radius 2 is 2.33 bits per heavy atom. The average molecular weight is 156 g/mol. The predicted molar refractivity (Wildman–Crippen MR) is 30.5 cm³/mol. The minimum absolute atomic E-state index is 0.256. The van der Waals surface area contributed by atoms with Crippen LogP contribution in [0.5, 0.6) is 0 Å². The number of carbonyl (C=O) groups excluding carboxylic acids is 1. The van der Waals surface area contributed by atoms with Crippen molar-refractivity contribution in [3.05, 3.63) is 0 Å². The van der Waals surface area contributed by atoms with Crippen molar-refractivity contribution in [3.8, 4) is 0 Å². The van der Waals surface area contributed by atoms with Crippen molar-refractivity contribution in [1.82, 2.24) is 0 Å². The van der Waals surface area contributed by atoms with Gasteiger partial charge in [0.05, 0.1) is 12.9 Å². The molecule has 0 spiro atoms. The zero-order valence-corrected chi connectivity index (χ0v) is 5.58. The van der Waals surface area contributed by atoms with E-state index >= 15 is 0 Å². The number of carbonyl (C=O) groups is 1. The molecule has 0 heterocycles. The highest BCUT2D eigenvalue weighted by Crippen LogP contribution is 2.12. The van der Waals surface area contributed by atoms with Gasteiger partial charge < -0.3 is 4.74 Å². The Bertz CT molecular complexity index is 96.6. The Labute approximate surface area is 55.6 Å². The van der Waals surface area contributed by atoms with Gasteiger partial charge in [-0.25, -0.2) is 0 Å². The second-order valence-corrected chi connectivity index (χ2v) is 2.13. The van der Waals surface area contributed by atoms with Gasteiger partial charge in [0.1, 0.15) is 0 Å². The Kier molecular flexibility index (Phi) is 4.39. The lowest BCUT2D eigenvalue weighted by Gasteiger charge is -1.96.